The third-order valence-electron chi connectivity index (χ3n) is 5.41. The van der Waals surface area contributed by atoms with Crippen molar-refractivity contribution in [1.29, 1.82) is 0 Å². The monoisotopic (exact) mass is 355 g/mol. The Kier molecular flexibility index (Phi) is 6.44. The molecule has 0 spiro atoms. The van der Waals surface area contributed by atoms with E-state index in [0.29, 0.717) is 11.8 Å². The molecule has 1 aliphatic heterocycles. The van der Waals surface area contributed by atoms with Crippen LogP contribution in [-0.2, 0) is 11.3 Å². The molecule has 0 unspecified atom stereocenters. The quantitative estimate of drug-likeness (QED) is 0.681. The van der Waals surface area contributed by atoms with E-state index in [1.807, 2.05) is 18.2 Å². The maximum atomic E-state index is 13.4. The van der Waals surface area contributed by atoms with Gasteiger partial charge in [-0.1, -0.05) is 42.5 Å². The van der Waals surface area contributed by atoms with Crippen LogP contribution >= 0.6 is 0 Å². The molecule has 2 aromatic rings. The number of halogens is 1. The molecule has 2 aromatic carbocycles. The first-order valence-electron chi connectivity index (χ1n) is 9.67. The second-order valence-corrected chi connectivity index (χ2v) is 7.97. The molecule has 0 radical (unpaired) electrons. The first-order chi connectivity index (χ1) is 12.5. The molecule has 1 fully saturated rings. The van der Waals surface area contributed by atoms with Gasteiger partial charge in [0.15, 0.2) is 0 Å². The second kappa shape index (κ2) is 8.79. The van der Waals surface area contributed by atoms with E-state index in [-0.39, 0.29) is 11.4 Å². The molecule has 2 nitrogen and oxygen atoms in total. The molecule has 0 saturated carbocycles. The highest BCUT2D eigenvalue weighted by molar-refractivity contribution is 5.22. The van der Waals surface area contributed by atoms with Gasteiger partial charge in [0.05, 0.1) is 5.60 Å². The Labute approximate surface area is 156 Å². The van der Waals surface area contributed by atoms with Crippen molar-refractivity contribution in [2.45, 2.75) is 51.2 Å². The third-order valence-corrected chi connectivity index (χ3v) is 5.41. The van der Waals surface area contributed by atoms with Gasteiger partial charge >= 0.3 is 0 Å². The molecule has 1 aliphatic rings. The molecule has 0 amide bonds. The lowest BCUT2D eigenvalue weighted by atomic mass is 9.75. The number of hydrogen-bond donors (Lipinski definition) is 1. The van der Waals surface area contributed by atoms with Crippen molar-refractivity contribution in [1.82, 2.24) is 5.32 Å². The smallest absolute Gasteiger partial charge is 0.123 e. The molecule has 3 heteroatoms. The Hall–Kier alpha value is -1.71. The van der Waals surface area contributed by atoms with Crippen LogP contribution in [0, 0.1) is 11.7 Å². The molecule has 0 aromatic heterocycles. The highest BCUT2D eigenvalue weighted by Gasteiger charge is 2.33. The summed E-state index contributed by atoms with van der Waals surface area (Å²) >= 11 is 0. The van der Waals surface area contributed by atoms with E-state index in [2.05, 4.69) is 43.4 Å². The van der Waals surface area contributed by atoms with Crippen molar-refractivity contribution in [3.05, 3.63) is 71.5 Å². The number of ether oxygens (including phenoxy) is 1. The van der Waals surface area contributed by atoms with E-state index < -0.39 is 0 Å². The van der Waals surface area contributed by atoms with E-state index in [0.717, 1.165) is 39.0 Å². The van der Waals surface area contributed by atoms with Gasteiger partial charge in [-0.25, -0.2) is 4.39 Å². The van der Waals surface area contributed by atoms with Crippen molar-refractivity contribution >= 4 is 0 Å². The minimum atomic E-state index is -0.165. The minimum absolute atomic E-state index is 0.0708. The lowest BCUT2D eigenvalue weighted by Gasteiger charge is -2.39. The van der Waals surface area contributed by atoms with Gasteiger partial charge < -0.3 is 10.1 Å². The fourth-order valence-corrected chi connectivity index (χ4v) is 4.09. The fraction of sp³-hybridized carbons (Fsp3) is 0.478. The Morgan fingerprint density at radius 2 is 1.85 bits per heavy atom. The highest BCUT2D eigenvalue weighted by atomic mass is 19.1. The van der Waals surface area contributed by atoms with E-state index in [9.17, 15) is 4.39 Å². The van der Waals surface area contributed by atoms with Crippen LogP contribution in [0.1, 0.15) is 50.2 Å². The molecular weight excluding hydrogens is 325 g/mol. The maximum absolute atomic E-state index is 13.4. The van der Waals surface area contributed by atoms with E-state index in [1.54, 1.807) is 12.1 Å². The summed E-state index contributed by atoms with van der Waals surface area (Å²) in [5.74, 6) is 0.840. The predicted molar refractivity (Wildman–Crippen MR) is 105 cm³/mol. The summed E-state index contributed by atoms with van der Waals surface area (Å²) in [6.07, 6.45) is 3.18. The van der Waals surface area contributed by atoms with Gasteiger partial charge in [0.25, 0.3) is 0 Å². The summed E-state index contributed by atoms with van der Waals surface area (Å²) in [4.78, 5) is 0. The van der Waals surface area contributed by atoms with Crippen molar-refractivity contribution in [2.75, 3.05) is 13.2 Å². The van der Waals surface area contributed by atoms with E-state index in [1.165, 1.54) is 11.1 Å². The summed E-state index contributed by atoms with van der Waals surface area (Å²) in [6.45, 7) is 7.00. The summed E-state index contributed by atoms with van der Waals surface area (Å²) < 4.78 is 19.3. The van der Waals surface area contributed by atoms with Gasteiger partial charge in [0, 0.05) is 13.2 Å². The lowest BCUT2D eigenvalue weighted by molar-refractivity contribution is -0.0771. The molecule has 1 saturated heterocycles. The molecule has 0 aliphatic carbocycles. The molecular formula is C23H30FNO. The van der Waals surface area contributed by atoms with Crippen molar-refractivity contribution in [2.24, 2.45) is 5.92 Å². The van der Waals surface area contributed by atoms with Gasteiger partial charge in [-0.2, -0.15) is 0 Å². The first kappa shape index (κ1) is 19.1. The average Bonchev–Trinajstić information content (AvgIpc) is 2.63. The number of nitrogens with one attached hydrogen (secondary N) is 1. The molecule has 2 atom stereocenters. The lowest BCUT2D eigenvalue weighted by Crippen LogP contribution is -2.36. The van der Waals surface area contributed by atoms with Crippen molar-refractivity contribution in [3.8, 4) is 0 Å². The Morgan fingerprint density at radius 1 is 1.12 bits per heavy atom. The van der Waals surface area contributed by atoms with Crippen molar-refractivity contribution in [3.63, 3.8) is 0 Å². The van der Waals surface area contributed by atoms with Gasteiger partial charge in [-0.05, 0) is 74.8 Å². The highest BCUT2D eigenvalue weighted by Crippen LogP contribution is 2.39. The zero-order chi connectivity index (χ0) is 18.4. The Bertz CT molecular complexity index is 668. The zero-order valence-corrected chi connectivity index (χ0v) is 15.9. The molecule has 3 rings (SSSR count). The number of rotatable bonds is 7. The van der Waals surface area contributed by atoms with Crippen LogP contribution in [0.2, 0.25) is 0 Å². The minimum Gasteiger partial charge on any atom is -0.376 e. The first-order valence-corrected chi connectivity index (χ1v) is 9.67. The number of benzene rings is 2. The second-order valence-electron chi connectivity index (χ2n) is 7.97. The zero-order valence-electron chi connectivity index (χ0n) is 15.9. The topological polar surface area (TPSA) is 21.3 Å². The fourth-order valence-electron chi connectivity index (χ4n) is 4.09. The van der Waals surface area contributed by atoms with Gasteiger partial charge in [-0.3, -0.25) is 0 Å². The number of hydrogen-bond acceptors (Lipinski definition) is 2. The van der Waals surface area contributed by atoms with Crippen molar-refractivity contribution < 1.29 is 9.13 Å². The third kappa shape index (κ3) is 5.39. The average molecular weight is 355 g/mol. The molecule has 1 N–H and O–H groups in total. The summed E-state index contributed by atoms with van der Waals surface area (Å²) in [6, 6.07) is 17.6. The van der Waals surface area contributed by atoms with Crippen LogP contribution in [0.25, 0.3) is 0 Å². The van der Waals surface area contributed by atoms with Crippen LogP contribution in [0.4, 0.5) is 4.39 Å². The maximum Gasteiger partial charge on any atom is 0.123 e. The predicted octanol–water partition coefficient (Wildman–Crippen LogP) is 5.29. The van der Waals surface area contributed by atoms with Crippen LogP contribution in [0.5, 0.6) is 0 Å². The molecule has 26 heavy (non-hydrogen) atoms. The van der Waals surface area contributed by atoms with E-state index in [4.69, 9.17) is 4.74 Å². The summed E-state index contributed by atoms with van der Waals surface area (Å²) in [7, 11) is 0. The molecule has 140 valence electrons. The Balaban J connectivity index is 1.63. The summed E-state index contributed by atoms with van der Waals surface area (Å²) in [5, 5.41) is 3.57. The van der Waals surface area contributed by atoms with E-state index >= 15 is 0 Å². The summed E-state index contributed by atoms with van der Waals surface area (Å²) in [5.41, 5.74) is 2.48. The van der Waals surface area contributed by atoms with Crippen LogP contribution in [0.3, 0.4) is 0 Å². The molecule has 1 heterocycles. The molecule has 0 bridgehead atoms. The van der Waals surface area contributed by atoms with Crippen LogP contribution < -0.4 is 5.32 Å². The van der Waals surface area contributed by atoms with Crippen LogP contribution in [0.15, 0.2) is 54.6 Å². The Morgan fingerprint density at radius 3 is 2.54 bits per heavy atom. The van der Waals surface area contributed by atoms with Gasteiger partial charge in [-0.15, -0.1) is 0 Å². The van der Waals surface area contributed by atoms with Crippen LogP contribution in [-0.4, -0.2) is 18.8 Å². The largest absolute Gasteiger partial charge is 0.376 e. The standard InChI is InChI=1S/C23H30FNO/c1-23(2)16-20(13-15-26-23)22(19-8-10-21(24)11-9-19)12-14-25-17-18-6-4-3-5-7-18/h3-11,20,22,25H,12-17H2,1-2H3/t20-,22+/m0/s1. The SMILES string of the molecule is CC1(C)C[C@@H]([C@H](CCNCc2ccccc2)c2ccc(F)cc2)CCO1. The van der Waals surface area contributed by atoms with Gasteiger partial charge in [0.1, 0.15) is 5.82 Å². The van der Waals surface area contributed by atoms with Gasteiger partial charge in [0.2, 0.25) is 0 Å². The normalized spacial score (nSPS) is 20.7.